The maximum absolute atomic E-state index is 12.0. The lowest BCUT2D eigenvalue weighted by Gasteiger charge is -2.43. The molecule has 0 bridgehead atoms. The number of rotatable bonds is 4. The molecule has 0 amide bonds. The van der Waals surface area contributed by atoms with Gasteiger partial charge in [0.25, 0.3) is 0 Å². The van der Waals surface area contributed by atoms with Crippen LogP contribution in [0.3, 0.4) is 0 Å². The van der Waals surface area contributed by atoms with E-state index in [0.717, 1.165) is 25.7 Å². The second-order valence-electron chi connectivity index (χ2n) is 6.11. The van der Waals surface area contributed by atoms with Crippen LogP contribution in [0.25, 0.3) is 0 Å². The van der Waals surface area contributed by atoms with E-state index in [-0.39, 0.29) is 5.41 Å². The van der Waals surface area contributed by atoms with E-state index < -0.39 is 0 Å². The summed E-state index contributed by atoms with van der Waals surface area (Å²) < 4.78 is 0. The Morgan fingerprint density at radius 1 is 1.25 bits per heavy atom. The zero-order valence-corrected chi connectivity index (χ0v) is 11.3. The molecule has 1 atom stereocenters. The standard InChI is InChI=1S/C15H26O/c1-5-6-7-10-15(13(2)16)11-8-9-14(3,4)12-15/h6-7H,5,8-12H2,1-4H3. The number of hydrogen-bond acceptors (Lipinski definition) is 1. The van der Waals surface area contributed by atoms with Crippen molar-refractivity contribution in [2.75, 3.05) is 0 Å². The van der Waals surface area contributed by atoms with Crippen molar-refractivity contribution in [2.45, 2.75) is 66.2 Å². The third-order valence-electron chi connectivity index (χ3n) is 3.98. The zero-order valence-electron chi connectivity index (χ0n) is 11.3. The molecular formula is C15H26O. The fraction of sp³-hybridized carbons (Fsp3) is 0.800. The van der Waals surface area contributed by atoms with Gasteiger partial charge in [0.05, 0.1) is 0 Å². The molecule has 1 aliphatic rings. The van der Waals surface area contributed by atoms with Crippen LogP contribution in [0.2, 0.25) is 0 Å². The van der Waals surface area contributed by atoms with Gasteiger partial charge in [-0.05, 0) is 44.4 Å². The molecule has 1 aliphatic carbocycles. The van der Waals surface area contributed by atoms with Gasteiger partial charge in [0.15, 0.2) is 0 Å². The highest BCUT2D eigenvalue weighted by molar-refractivity contribution is 5.82. The summed E-state index contributed by atoms with van der Waals surface area (Å²) in [5.41, 5.74) is 0.275. The normalized spacial score (nSPS) is 29.5. The molecule has 0 aromatic rings. The Hall–Kier alpha value is -0.590. The number of hydrogen-bond donors (Lipinski definition) is 0. The quantitative estimate of drug-likeness (QED) is 0.639. The van der Waals surface area contributed by atoms with Crippen LogP contribution in [0.5, 0.6) is 0 Å². The molecule has 1 nitrogen and oxygen atoms in total. The smallest absolute Gasteiger partial charge is 0.136 e. The van der Waals surface area contributed by atoms with Gasteiger partial charge in [-0.2, -0.15) is 0 Å². The summed E-state index contributed by atoms with van der Waals surface area (Å²) in [5.74, 6) is 0.390. The van der Waals surface area contributed by atoms with Crippen molar-refractivity contribution in [1.82, 2.24) is 0 Å². The summed E-state index contributed by atoms with van der Waals surface area (Å²) in [4.78, 5) is 12.0. The lowest BCUT2D eigenvalue weighted by Crippen LogP contribution is -2.38. The van der Waals surface area contributed by atoms with Gasteiger partial charge in [0.1, 0.15) is 5.78 Å². The molecule has 0 aliphatic heterocycles. The Morgan fingerprint density at radius 3 is 2.44 bits per heavy atom. The minimum absolute atomic E-state index is 0.0621. The average molecular weight is 222 g/mol. The molecular weight excluding hydrogens is 196 g/mol. The first kappa shape index (κ1) is 13.5. The monoisotopic (exact) mass is 222 g/mol. The van der Waals surface area contributed by atoms with E-state index in [0.29, 0.717) is 11.2 Å². The van der Waals surface area contributed by atoms with E-state index in [1.54, 1.807) is 6.92 Å². The topological polar surface area (TPSA) is 17.1 Å². The summed E-state index contributed by atoms with van der Waals surface area (Å²) in [7, 11) is 0. The summed E-state index contributed by atoms with van der Waals surface area (Å²) in [6.07, 6.45) is 11.0. The van der Waals surface area contributed by atoms with Crippen LogP contribution in [0.15, 0.2) is 12.2 Å². The van der Waals surface area contributed by atoms with Crippen LogP contribution >= 0.6 is 0 Å². The third kappa shape index (κ3) is 3.20. The van der Waals surface area contributed by atoms with Crippen LogP contribution in [-0.4, -0.2) is 5.78 Å². The molecule has 0 heterocycles. The molecule has 0 aromatic carbocycles. The largest absolute Gasteiger partial charge is 0.299 e. The second kappa shape index (κ2) is 5.16. The van der Waals surface area contributed by atoms with Crippen LogP contribution < -0.4 is 0 Å². The van der Waals surface area contributed by atoms with Crippen LogP contribution in [0, 0.1) is 10.8 Å². The van der Waals surface area contributed by atoms with Gasteiger partial charge in [0.2, 0.25) is 0 Å². The van der Waals surface area contributed by atoms with E-state index >= 15 is 0 Å². The molecule has 1 heteroatoms. The minimum atomic E-state index is -0.0621. The van der Waals surface area contributed by atoms with Gasteiger partial charge in [0, 0.05) is 5.41 Å². The van der Waals surface area contributed by atoms with E-state index in [9.17, 15) is 4.79 Å². The number of carbonyl (C=O) groups is 1. The molecule has 1 rings (SSSR count). The molecule has 1 fully saturated rings. The molecule has 0 N–H and O–H groups in total. The average Bonchev–Trinajstić information content (AvgIpc) is 2.16. The van der Waals surface area contributed by atoms with Crippen molar-refractivity contribution >= 4 is 5.78 Å². The Bertz CT molecular complexity index is 275. The first-order chi connectivity index (χ1) is 7.42. The fourth-order valence-electron chi connectivity index (χ4n) is 3.09. The van der Waals surface area contributed by atoms with Gasteiger partial charge in [-0.1, -0.05) is 39.3 Å². The van der Waals surface area contributed by atoms with Gasteiger partial charge >= 0.3 is 0 Å². The van der Waals surface area contributed by atoms with Crippen molar-refractivity contribution in [3.05, 3.63) is 12.2 Å². The van der Waals surface area contributed by atoms with E-state index in [2.05, 4.69) is 32.9 Å². The van der Waals surface area contributed by atoms with Crippen molar-refractivity contribution in [3.8, 4) is 0 Å². The molecule has 0 aromatic heterocycles. The lowest BCUT2D eigenvalue weighted by molar-refractivity contribution is -0.130. The molecule has 0 saturated heterocycles. The van der Waals surface area contributed by atoms with E-state index in [4.69, 9.17) is 0 Å². The number of ketones is 1. The highest BCUT2D eigenvalue weighted by Gasteiger charge is 2.42. The molecule has 92 valence electrons. The highest BCUT2D eigenvalue weighted by Crippen LogP contribution is 2.48. The van der Waals surface area contributed by atoms with Crippen LogP contribution in [-0.2, 0) is 4.79 Å². The van der Waals surface area contributed by atoms with Gasteiger partial charge in [-0.15, -0.1) is 0 Å². The van der Waals surface area contributed by atoms with Gasteiger partial charge < -0.3 is 0 Å². The predicted octanol–water partition coefficient (Wildman–Crippen LogP) is 4.52. The van der Waals surface area contributed by atoms with Crippen molar-refractivity contribution in [3.63, 3.8) is 0 Å². The molecule has 0 radical (unpaired) electrons. The molecule has 1 saturated carbocycles. The number of carbonyl (C=O) groups excluding carboxylic acids is 1. The van der Waals surface area contributed by atoms with Crippen LogP contribution in [0.4, 0.5) is 0 Å². The fourth-order valence-corrected chi connectivity index (χ4v) is 3.09. The summed E-state index contributed by atoms with van der Waals surface area (Å²) in [6.45, 7) is 8.52. The van der Waals surface area contributed by atoms with Crippen molar-refractivity contribution in [1.29, 1.82) is 0 Å². The summed E-state index contributed by atoms with van der Waals surface area (Å²) in [5, 5.41) is 0. The van der Waals surface area contributed by atoms with E-state index in [1.807, 2.05) is 0 Å². The van der Waals surface area contributed by atoms with Crippen molar-refractivity contribution in [2.24, 2.45) is 10.8 Å². The van der Waals surface area contributed by atoms with Gasteiger partial charge in [-0.3, -0.25) is 4.79 Å². The maximum Gasteiger partial charge on any atom is 0.136 e. The van der Waals surface area contributed by atoms with E-state index in [1.165, 1.54) is 12.8 Å². The highest BCUT2D eigenvalue weighted by atomic mass is 16.1. The molecule has 1 unspecified atom stereocenters. The lowest BCUT2D eigenvalue weighted by atomic mass is 9.60. The SMILES string of the molecule is CCC=CCC1(C(C)=O)CCCC(C)(C)C1. The predicted molar refractivity (Wildman–Crippen MR) is 69.4 cm³/mol. The Kier molecular flexibility index (Phi) is 4.35. The minimum Gasteiger partial charge on any atom is -0.299 e. The first-order valence-electron chi connectivity index (χ1n) is 6.58. The van der Waals surface area contributed by atoms with Crippen LogP contribution in [0.1, 0.15) is 66.2 Å². The van der Waals surface area contributed by atoms with Gasteiger partial charge in [-0.25, -0.2) is 0 Å². The number of Topliss-reactive ketones (excluding diaryl/α,β-unsaturated/α-hetero) is 1. The molecule has 16 heavy (non-hydrogen) atoms. The third-order valence-corrected chi connectivity index (χ3v) is 3.98. The Balaban J connectivity index is 2.80. The maximum atomic E-state index is 12.0. The van der Waals surface area contributed by atoms with Crippen molar-refractivity contribution < 1.29 is 4.79 Å². The molecule has 0 spiro atoms. The Morgan fingerprint density at radius 2 is 1.94 bits per heavy atom. The Labute approximate surface area is 100 Å². The second-order valence-corrected chi connectivity index (χ2v) is 6.11. The number of allylic oxidation sites excluding steroid dienone is 2. The summed E-state index contributed by atoms with van der Waals surface area (Å²) in [6, 6.07) is 0. The zero-order chi connectivity index (χ0) is 12.2. The first-order valence-corrected chi connectivity index (χ1v) is 6.58. The summed E-state index contributed by atoms with van der Waals surface area (Å²) >= 11 is 0.